The van der Waals surface area contributed by atoms with Crippen molar-refractivity contribution in [1.29, 1.82) is 0 Å². The zero-order chi connectivity index (χ0) is 12.1. The first kappa shape index (κ1) is 12.3. The largest absolute Gasteiger partial charge is 0.478 e. The molecule has 0 amide bonds. The Morgan fingerprint density at radius 3 is 2.19 bits per heavy atom. The van der Waals surface area contributed by atoms with Gasteiger partial charge in [0.25, 0.3) is 0 Å². The summed E-state index contributed by atoms with van der Waals surface area (Å²) in [6, 6.07) is 6.62. The molecule has 0 fully saturated rings. The molecule has 1 rings (SSSR count). The Hall–Kier alpha value is -1.80. The molecule has 1 N–H and O–H groups in total. The van der Waals surface area contributed by atoms with Crippen molar-refractivity contribution in [3.63, 3.8) is 0 Å². The third-order valence-electron chi connectivity index (χ3n) is 2.09. The summed E-state index contributed by atoms with van der Waals surface area (Å²) in [5.41, 5.74) is 1.29. The van der Waals surface area contributed by atoms with Gasteiger partial charge in [-0.3, -0.25) is 0 Å². The maximum Gasteiger partial charge on any atom is 0.336 e. The van der Waals surface area contributed by atoms with Gasteiger partial charge in [0, 0.05) is 10.6 Å². The highest BCUT2D eigenvalue weighted by molar-refractivity contribution is 6.35. The fraction of sp³-hybridized carbons (Fsp3) is 0. The van der Waals surface area contributed by atoms with E-state index in [1.807, 2.05) is 0 Å². The van der Waals surface area contributed by atoms with E-state index in [1.54, 1.807) is 18.2 Å². The molecule has 0 atom stereocenters. The van der Waals surface area contributed by atoms with Crippen LogP contribution in [0, 0.1) is 0 Å². The molecule has 0 aliphatic heterocycles. The van der Waals surface area contributed by atoms with Gasteiger partial charge in [-0.25, -0.2) is 4.79 Å². The monoisotopic (exact) mass is 234 g/mol. The lowest BCUT2D eigenvalue weighted by Crippen LogP contribution is -2.01. The fourth-order valence-corrected chi connectivity index (χ4v) is 1.53. The molecule has 1 aromatic rings. The van der Waals surface area contributed by atoms with E-state index in [4.69, 9.17) is 16.7 Å². The molecule has 0 aliphatic carbocycles. The molecule has 0 spiro atoms. The molecule has 2 nitrogen and oxygen atoms in total. The minimum atomic E-state index is -0.997. The average molecular weight is 235 g/mol. The van der Waals surface area contributed by atoms with Gasteiger partial charge in [-0.2, -0.15) is 0 Å². The van der Waals surface area contributed by atoms with Crippen LogP contribution in [0.3, 0.4) is 0 Å². The van der Waals surface area contributed by atoms with Crippen LogP contribution in [0.25, 0.3) is 5.57 Å². The summed E-state index contributed by atoms with van der Waals surface area (Å²) in [5, 5.41) is 9.42. The van der Waals surface area contributed by atoms with Crippen molar-refractivity contribution in [1.82, 2.24) is 0 Å². The Labute approximate surface area is 99.2 Å². The van der Waals surface area contributed by atoms with Crippen LogP contribution in [0.2, 0.25) is 0 Å². The molecule has 0 aliphatic rings. The van der Waals surface area contributed by atoms with Crippen LogP contribution in [0.4, 0.5) is 0 Å². The number of benzene rings is 1. The third kappa shape index (κ3) is 2.41. The van der Waals surface area contributed by atoms with E-state index in [1.165, 1.54) is 18.2 Å². The molecule has 0 aromatic heterocycles. The zero-order valence-corrected chi connectivity index (χ0v) is 9.37. The van der Waals surface area contributed by atoms with E-state index in [9.17, 15) is 4.79 Å². The lowest BCUT2D eigenvalue weighted by Gasteiger charge is -2.07. The van der Waals surface area contributed by atoms with Gasteiger partial charge >= 0.3 is 5.97 Å². The van der Waals surface area contributed by atoms with Crippen molar-refractivity contribution < 1.29 is 9.90 Å². The summed E-state index contributed by atoms with van der Waals surface area (Å²) in [4.78, 5) is 11.0. The maximum absolute atomic E-state index is 11.0. The molecule has 16 heavy (non-hydrogen) atoms. The smallest absolute Gasteiger partial charge is 0.336 e. The molecule has 0 heterocycles. The summed E-state index contributed by atoms with van der Waals surface area (Å²) in [6.07, 6.45) is 2.98. The standard InChI is InChI=1S/C13H11ClO2/c1-3-9(12(14)4-2)10-7-5-6-8-11(10)13(15)16/h3-8H,1-2H2,(H,15,16). The fourth-order valence-electron chi connectivity index (χ4n) is 1.35. The SMILES string of the molecule is C=CC(Cl)=C(C=C)c1ccccc1C(=O)O. The van der Waals surface area contributed by atoms with Crippen molar-refractivity contribution in [2.24, 2.45) is 0 Å². The highest BCUT2D eigenvalue weighted by Gasteiger charge is 2.12. The molecule has 0 bridgehead atoms. The molecule has 3 heteroatoms. The Balaban J connectivity index is 3.48. The van der Waals surface area contributed by atoms with E-state index in [0.29, 0.717) is 16.2 Å². The Morgan fingerprint density at radius 2 is 1.75 bits per heavy atom. The van der Waals surface area contributed by atoms with Crippen LogP contribution in [-0.4, -0.2) is 11.1 Å². The highest BCUT2D eigenvalue weighted by Crippen LogP contribution is 2.26. The number of carboxylic acid groups (broad SMARTS) is 1. The first-order chi connectivity index (χ1) is 7.61. The van der Waals surface area contributed by atoms with E-state index < -0.39 is 5.97 Å². The average Bonchev–Trinajstić information content (AvgIpc) is 2.30. The Kier molecular flexibility index (Phi) is 4.09. The van der Waals surface area contributed by atoms with Crippen molar-refractivity contribution in [3.05, 3.63) is 65.7 Å². The molecular formula is C13H11ClO2. The lowest BCUT2D eigenvalue weighted by atomic mass is 9.99. The molecule has 0 unspecified atom stereocenters. The second-order valence-corrected chi connectivity index (χ2v) is 3.43. The van der Waals surface area contributed by atoms with Crippen molar-refractivity contribution in [3.8, 4) is 0 Å². The van der Waals surface area contributed by atoms with E-state index in [-0.39, 0.29) is 5.56 Å². The van der Waals surface area contributed by atoms with Crippen molar-refractivity contribution in [2.75, 3.05) is 0 Å². The van der Waals surface area contributed by atoms with E-state index in [2.05, 4.69) is 13.2 Å². The number of aromatic carboxylic acids is 1. The van der Waals surface area contributed by atoms with Crippen LogP contribution in [0.5, 0.6) is 0 Å². The Bertz CT molecular complexity index is 473. The summed E-state index contributed by atoms with van der Waals surface area (Å²) in [7, 11) is 0. The second kappa shape index (κ2) is 5.33. The van der Waals surface area contributed by atoms with Crippen LogP contribution in [-0.2, 0) is 0 Å². The lowest BCUT2D eigenvalue weighted by molar-refractivity contribution is 0.0696. The topological polar surface area (TPSA) is 37.3 Å². The first-order valence-electron chi connectivity index (χ1n) is 4.59. The molecular weight excluding hydrogens is 224 g/mol. The minimum Gasteiger partial charge on any atom is -0.478 e. The molecule has 0 saturated carbocycles. The normalized spacial score (nSPS) is 11.6. The number of carbonyl (C=O) groups is 1. The van der Waals surface area contributed by atoms with Crippen molar-refractivity contribution in [2.45, 2.75) is 0 Å². The molecule has 1 aromatic carbocycles. The Morgan fingerprint density at radius 1 is 1.19 bits per heavy atom. The van der Waals surface area contributed by atoms with Gasteiger partial charge in [0.2, 0.25) is 0 Å². The van der Waals surface area contributed by atoms with Gasteiger partial charge in [0.15, 0.2) is 0 Å². The predicted octanol–water partition coefficient (Wildman–Crippen LogP) is 3.71. The van der Waals surface area contributed by atoms with E-state index >= 15 is 0 Å². The number of rotatable bonds is 4. The van der Waals surface area contributed by atoms with Gasteiger partial charge in [-0.1, -0.05) is 55.1 Å². The number of carboxylic acids is 1. The number of hydrogen-bond acceptors (Lipinski definition) is 1. The second-order valence-electron chi connectivity index (χ2n) is 3.02. The maximum atomic E-state index is 11.0. The number of halogens is 1. The van der Waals surface area contributed by atoms with Crippen LogP contribution >= 0.6 is 11.6 Å². The van der Waals surface area contributed by atoms with Gasteiger partial charge in [0.05, 0.1) is 5.56 Å². The minimum absolute atomic E-state index is 0.192. The van der Waals surface area contributed by atoms with Gasteiger partial charge in [-0.15, -0.1) is 0 Å². The summed E-state index contributed by atoms with van der Waals surface area (Å²) >= 11 is 5.94. The number of allylic oxidation sites excluding steroid dienone is 4. The van der Waals surface area contributed by atoms with Crippen molar-refractivity contribution >= 4 is 23.1 Å². The molecule has 82 valence electrons. The third-order valence-corrected chi connectivity index (χ3v) is 2.45. The van der Waals surface area contributed by atoms with Crippen LogP contribution in [0.15, 0.2) is 54.6 Å². The summed E-state index contributed by atoms with van der Waals surface area (Å²) < 4.78 is 0. The van der Waals surface area contributed by atoms with Gasteiger partial charge < -0.3 is 5.11 Å². The molecule has 0 radical (unpaired) electrons. The quantitative estimate of drug-likeness (QED) is 0.807. The van der Waals surface area contributed by atoms with Crippen LogP contribution < -0.4 is 0 Å². The van der Waals surface area contributed by atoms with Gasteiger partial charge in [-0.05, 0) is 11.6 Å². The number of hydrogen-bond donors (Lipinski definition) is 1. The summed E-state index contributed by atoms with van der Waals surface area (Å²) in [5.74, 6) is -0.997. The zero-order valence-electron chi connectivity index (χ0n) is 8.61. The van der Waals surface area contributed by atoms with Crippen LogP contribution in [0.1, 0.15) is 15.9 Å². The van der Waals surface area contributed by atoms with E-state index in [0.717, 1.165) is 0 Å². The predicted molar refractivity (Wildman–Crippen MR) is 66.6 cm³/mol. The highest BCUT2D eigenvalue weighted by atomic mass is 35.5. The summed E-state index contributed by atoms with van der Waals surface area (Å²) in [6.45, 7) is 7.17. The molecule has 0 saturated heterocycles. The van der Waals surface area contributed by atoms with Gasteiger partial charge in [0.1, 0.15) is 0 Å². The first-order valence-corrected chi connectivity index (χ1v) is 4.97.